The third kappa shape index (κ3) is 12.1. The van der Waals surface area contributed by atoms with E-state index in [2.05, 4.69) is 404 Å². The van der Waals surface area contributed by atoms with Gasteiger partial charge in [-0.3, -0.25) is 9.13 Å². The van der Waals surface area contributed by atoms with Crippen LogP contribution in [0.15, 0.2) is 388 Å². The van der Waals surface area contributed by atoms with Gasteiger partial charge in [0.1, 0.15) is 0 Å². The molecule has 0 spiro atoms. The van der Waals surface area contributed by atoms with Crippen molar-refractivity contribution in [3.63, 3.8) is 0 Å². The minimum absolute atomic E-state index is 0.240. The van der Waals surface area contributed by atoms with Gasteiger partial charge < -0.3 is 18.4 Å². The Morgan fingerprint density at radius 1 is 0.254 bits per heavy atom. The second kappa shape index (κ2) is 30.5. The minimum atomic E-state index is -0.256. The summed E-state index contributed by atoms with van der Waals surface area (Å²) in [5.74, 6) is 2.44. The highest BCUT2D eigenvalue weighted by atomic mass is 35.5. The van der Waals surface area contributed by atoms with Gasteiger partial charge in [0.05, 0.1) is 85.2 Å². The molecule has 10 aromatic heterocycles. The van der Waals surface area contributed by atoms with Crippen LogP contribution in [0.1, 0.15) is 27.7 Å². The third-order valence-corrected chi connectivity index (χ3v) is 32.5. The molecule has 0 unspecified atom stereocenters. The first-order chi connectivity index (χ1) is 65.9. The Balaban J connectivity index is 0.000000118. The number of para-hydroxylation sites is 4. The summed E-state index contributed by atoms with van der Waals surface area (Å²) < 4.78 is 31.0. The van der Waals surface area contributed by atoms with Crippen LogP contribution in [0.4, 0.5) is 0 Å². The fourth-order valence-electron chi connectivity index (χ4n) is 20.9. The first-order valence-corrected chi connectivity index (χ1v) is 48.8. The molecule has 10 nitrogen and oxygen atoms in total. The summed E-state index contributed by atoms with van der Waals surface area (Å²) in [6, 6.07) is 140. The fourth-order valence-corrected chi connectivity index (χ4v) is 25.8. The normalized spacial score (nSPS) is 13.5. The first kappa shape index (κ1) is 78.8. The highest BCUT2D eigenvalue weighted by molar-refractivity contribution is 7.28. The lowest BCUT2D eigenvalue weighted by atomic mass is 9.79. The highest BCUT2D eigenvalue weighted by Crippen LogP contribution is 2.54. The molecule has 0 amide bonds. The fraction of sp³-hybridized carbons (Fsp3) is 0.0508. The quantitative estimate of drug-likeness (QED) is 0.111. The van der Waals surface area contributed by atoms with Crippen LogP contribution >= 0.6 is 56.9 Å². The third-order valence-electron chi connectivity index (χ3n) is 27.7. The van der Waals surface area contributed by atoms with Crippen LogP contribution in [0.5, 0.6) is 0 Å². The number of aromatic nitrogens is 8. The molecule has 16 heteroatoms. The predicted octanol–water partition coefficient (Wildman–Crippen LogP) is 32.8. The van der Waals surface area contributed by atoms with Crippen LogP contribution in [0, 0.1) is 0 Å². The van der Waals surface area contributed by atoms with Crippen molar-refractivity contribution in [2.45, 2.75) is 38.9 Å². The molecule has 0 aliphatic carbocycles. The minimum Gasteiger partial charge on any atom is -0.399 e. The van der Waals surface area contributed by atoms with Gasteiger partial charge in [0, 0.05) is 111 Å². The number of hydrogen-bond donors (Lipinski definition) is 0. The molecule has 0 radical (unpaired) electrons. The van der Waals surface area contributed by atoms with E-state index in [9.17, 15) is 0 Å². The molecule has 1 fully saturated rings. The van der Waals surface area contributed by atoms with Gasteiger partial charge in [-0.2, -0.15) is 4.98 Å². The number of nitrogens with zero attached hydrogens (tertiary/aromatic N) is 8. The van der Waals surface area contributed by atoms with Gasteiger partial charge in [-0.25, -0.2) is 15.0 Å². The molecule has 1 aliphatic heterocycles. The number of thiophene rings is 4. The lowest BCUT2D eigenvalue weighted by molar-refractivity contribution is 0.00578. The van der Waals surface area contributed by atoms with E-state index in [-0.39, 0.29) is 23.6 Å². The Bertz CT molecular complexity index is 9760. The Labute approximate surface area is 789 Å². The molecule has 0 saturated carbocycles. The van der Waals surface area contributed by atoms with Crippen LogP contribution in [0.2, 0.25) is 5.28 Å². The monoisotopic (exact) mass is 1810 g/mol. The summed E-state index contributed by atoms with van der Waals surface area (Å²) in [7, 11) is -0.240. The van der Waals surface area contributed by atoms with Crippen LogP contribution in [-0.4, -0.2) is 56.5 Å². The molecule has 0 bridgehead atoms. The molecule has 1 saturated heterocycles. The zero-order valence-electron chi connectivity index (χ0n) is 72.9. The molecule has 11 heterocycles. The summed E-state index contributed by atoms with van der Waals surface area (Å²) in [5.41, 5.74) is 19.8. The van der Waals surface area contributed by atoms with E-state index < -0.39 is 0 Å². The lowest BCUT2D eigenvalue weighted by Crippen LogP contribution is -2.41. The smallest absolute Gasteiger partial charge is 0.399 e. The molecular formula is C118H76BClN8O2S4. The van der Waals surface area contributed by atoms with E-state index in [0.29, 0.717) is 0 Å². The van der Waals surface area contributed by atoms with Crippen LogP contribution < -0.4 is 5.46 Å². The van der Waals surface area contributed by atoms with Crippen molar-refractivity contribution in [1.29, 1.82) is 0 Å². The van der Waals surface area contributed by atoms with Gasteiger partial charge >= 0.3 is 7.12 Å². The Morgan fingerprint density at radius 2 is 0.567 bits per heavy atom. The number of rotatable bonds is 8. The topological polar surface area (TPSA) is 89.7 Å². The summed E-state index contributed by atoms with van der Waals surface area (Å²) >= 11 is 14.1. The van der Waals surface area contributed by atoms with Gasteiger partial charge in [0.15, 0.2) is 17.5 Å². The molecule has 29 rings (SSSR count). The number of hydrogen-bond acceptors (Lipinski definition) is 10. The summed E-state index contributed by atoms with van der Waals surface area (Å²) in [6.45, 7) is 8.26. The molecule has 18 aromatic carbocycles. The zero-order chi connectivity index (χ0) is 88.9. The van der Waals surface area contributed by atoms with Gasteiger partial charge in [0.25, 0.3) is 0 Å². The molecule has 28 aromatic rings. The molecule has 0 N–H and O–H groups in total. The van der Waals surface area contributed by atoms with Crippen molar-refractivity contribution < 1.29 is 9.31 Å². The number of fused-ring (bicyclic) bond motifs is 32. The maximum absolute atomic E-state index is 6.88. The van der Waals surface area contributed by atoms with Gasteiger partial charge in [-0.1, -0.05) is 279 Å². The number of benzene rings is 18. The Kier molecular flexibility index (Phi) is 18.0. The predicted molar refractivity (Wildman–Crippen MR) is 571 cm³/mol. The lowest BCUT2D eigenvalue weighted by Gasteiger charge is -2.32. The van der Waals surface area contributed by atoms with E-state index in [1.165, 1.54) is 154 Å². The molecule has 134 heavy (non-hydrogen) atoms. The van der Waals surface area contributed by atoms with Crippen molar-refractivity contribution in [3.8, 4) is 56.7 Å². The van der Waals surface area contributed by atoms with Gasteiger partial charge in [0.2, 0.25) is 5.28 Å². The summed E-state index contributed by atoms with van der Waals surface area (Å²) in [5, 5.41) is 22.4. The van der Waals surface area contributed by atoms with Crippen molar-refractivity contribution in [3.05, 3.63) is 394 Å². The molecule has 634 valence electrons. The standard InChI is InChI=1S/C56H32N4S2.C50H27ClN4S2.C12H17BO2/c1-3-15-33(16-4-1)55-57-51-41-23-11-14-26-48(41)62-54(51)56(58-55)60-46-30-28-35(34-27-29-45-42(31-34)37-19-9-12-24-44(37)59(45)36-17-5-2-6-18-36)32-43(46)49-38-20-7-8-21-39(38)50-40-22-10-13-25-47(40)61-53(50)52(49)60;51-50-52-45-35-18-8-11-21-42(35)57-48(45)49(53-50)55-40-25-23-29(28-22-24-39-36(26-28)31-14-6-9-19-38(31)54(39)30-12-2-1-3-13-30)27-37(40)43-32-15-4-5-16-33(32)44-34-17-7-10-20-41(34)56-47(44)46(43)55;1-11(2)12(3,4)15-13(14-11)10-8-6-5-7-9-10/h1-32H;1-27H;5-9H,1-4H3. The Hall–Kier alpha value is -15.0. The average molecular weight is 1810 g/mol. The SMILES string of the molecule is CC1(C)OB(c2ccccc2)OC1(C)C.Clc1nc(-n2c3ccc(-c4ccc5c(c4)c4ccccc4n5-c4ccccc4)cc3c3c4ccccc4c4c5ccccc5sc4c32)c2sc3ccccc3c2n1.c1ccc(-c2nc(-n3c4ccc(-c5ccc6c(c5)c5ccccc5n6-c5ccccc5)cc4c4c5ccccc5c5c6ccccc6sc5c43)c3sc4ccccc4c3n2)cc1. The Morgan fingerprint density at radius 3 is 1.00 bits per heavy atom. The van der Waals surface area contributed by atoms with Crippen molar-refractivity contribution in [2.75, 3.05) is 0 Å². The summed E-state index contributed by atoms with van der Waals surface area (Å²) in [6.07, 6.45) is 0. The average Bonchev–Trinajstić information content (AvgIpc) is 1.53. The molecule has 1 aliphatic rings. The largest absolute Gasteiger partial charge is 0.494 e. The second-order valence-electron chi connectivity index (χ2n) is 35.7. The van der Waals surface area contributed by atoms with E-state index in [0.717, 1.165) is 97.9 Å². The van der Waals surface area contributed by atoms with Crippen molar-refractivity contribution in [2.24, 2.45) is 0 Å². The van der Waals surface area contributed by atoms with E-state index >= 15 is 0 Å². The second-order valence-corrected chi connectivity index (χ2v) is 40.3. The van der Waals surface area contributed by atoms with Crippen molar-refractivity contribution in [1.82, 2.24) is 38.2 Å². The summed E-state index contributed by atoms with van der Waals surface area (Å²) in [4.78, 5) is 20.8. The van der Waals surface area contributed by atoms with E-state index in [1.807, 2.05) is 53.0 Å². The molecular weight excluding hydrogens is 1740 g/mol. The maximum Gasteiger partial charge on any atom is 0.494 e. The van der Waals surface area contributed by atoms with Crippen molar-refractivity contribution >= 4 is 259 Å². The first-order valence-electron chi connectivity index (χ1n) is 45.2. The highest BCUT2D eigenvalue weighted by Gasteiger charge is 2.51. The van der Waals surface area contributed by atoms with E-state index in [4.69, 9.17) is 40.8 Å². The maximum atomic E-state index is 6.88. The van der Waals surface area contributed by atoms with E-state index in [1.54, 1.807) is 22.7 Å². The zero-order valence-corrected chi connectivity index (χ0v) is 77.0. The van der Waals surface area contributed by atoms with Crippen LogP contribution in [0.25, 0.3) is 246 Å². The van der Waals surface area contributed by atoms with Crippen LogP contribution in [0.3, 0.4) is 0 Å². The van der Waals surface area contributed by atoms with Gasteiger partial charge in [-0.15, -0.1) is 45.3 Å². The van der Waals surface area contributed by atoms with Gasteiger partial charge in [-0.05, 0) is 198 Å². The number of halogens is 1. The van der Waals surface area contributed by atoms with Crippen LogP contribution in [-0.2, 0) is 9.31 Å². The molecule has 0 atom stereocenters.